The summed E-state index contributed by atoms with van der Waals surface area (Å²) in [5.74, 6) is -0.476. The van der Waals surface area contributed by atoms with E-state index in [2.05, 4.69) is 13.8 Å². The highest BCUT2D eigenvalue weighted by molar-refractivity contribution is 6.06. The Morgan fingerprint density at radius 3 is 3.00 bits per heavy atom. The van der Waals surface area contributed by atoms with Crippen LogP contribution in [0.25, 0.3) is 0 Å². The first-order chi connectivity index (χ1) is 6.24. The molecule has 1 unspecified atom stereocenters. The molecule has 0 aliphatic carbocycles. The molecule has 0 bridgehead atoms. The van der Waals surface area contributed by atoms with Crippen LogP contribution in [0.15, 0.2) is 18.6 Å². The SMILES string of the molecule is NC(Cc1cnccn1)C(=O)[O][Al]. The van der Waals surface area contributed by atoms with Crippen molar-refractivity contribution < 1.29 is 8.58 Å². The zero-order valence-electron chi connectivity index (χ0n) is 6.88. The summed E-state index contributed by atoms with van der Waals surface area (Å²) in [5.41, 5.74) is 6.18. The molecule has 1 aromatic rings. The molecule has 0 amide bonds. The van der Waals surface area contributed by atoms with E-state index in [4.69, 9.17) is 5.73 Å². The van der Waals surface area contributed by atoms with Crippen molar-refractivity contribution in [2.24, 2.45) is 5.73 Å². The van der Waals surface area contributed by atoms with Crippen molar-refractivity contribution in [3.05, 3.63) is 24.3 Å². The van der Waals surface area contributed by atoms with E-state index in [9.17, 15) is 4.79 Å². The van der Waals surface area contributed by atoms with E-state index in [0.29, 0.717) is 12.1 Å². The Kier molecular flexibility index (Phi) is 3.83. The maximum atomic E-state index is 10.9. The topological polar surface area (TPSA) is 78.1 Å². The van der Waals surface area contributed by atoms with Crippen molar-refractivity contribution in [3.63, 3.8) is 0 Å². The summed E-state index contributed by atoms with van der Waals surface area (Å²) in [4.78, 5) is 18.7. The Morgan fingerprint density at radius 1 is 1.69 bits per heavy atom. The molecule has 0 spiro atoms. The van der Waals surface area contributed by atoms with Gasteiger partial charge < -0.3 is 9.52 Å². The molecule has 1 heterocycles. The summed E-state index contributed by atoms with van der Waals surface area (Å²) in [6.07, 6.45) is 5.01. The van der Waals surface area contributed by atoms with Gasteiger partial charge in [-0.3, -0.25) is 14.8 Å². The van der Waals surface area contributed by atoms with Crippen molar-refractivity contribution in [2.75, 3.05) is 0 Å². The molecule has 0 aromatic carbocycles. The number of rotatable bonds is 3. The number of hydrogen-bond donors (Lipinski definition) is 1. The van der Waals surface area contributed by atoms with Crippen LogP contribution in [0.3, 0.4) is 0 Å². The van der Waals surface area contributed by atoms with Gasteiger partial charge in [0.1, 0.15) is 6.04 Å². The van der Waals surface area contributed by atoms with Crippen LogP contribution >= 0.6 is 0 Å². The van der Waals surface area contributed by atoms with Gasteiger partial charge >= 0.3 is 16.6 Å². The van der Waals surface area contributed by atoms with Crippen molar-refractivity contribution in [1.82, 2.24) is 9.97 Å². The number of nitrogens with two attached hydrogens (primary N) is 1. The fraction of sp³-hybridized carbons (Fsp3) is 0.286. The molecule has 2 N–H and O–H groups in total. The fourth-order valence-electron chi connectivity index (χ4n) is 0.831. The van der Waals surface area contributed by atoms with Crippen LogP contribution in [-0.2, 0) is 15.0 Å². The van der Waals surface area contributed by atoms with Crippen molar-refractivity contribution in [1.29, 1.82) is 0 Å². The van der Waals surface area contributed by atoms with Gasteiger partial charge in [0.05, 0.1) is 5.69 Å². The first-order valence-electron chi connectivity index (χ1n) is 3.65. The van der Waals surface area contributed by atoms with Gasteiger partial charge in [-0.2, -0.15) is 0 Å². The van der Waals surface area contributed by atoms with Gasteiger partial charge in [-0.15, -0.1) is 0 Å². The highest BCUT2D eigenvalue weighted by Gasteiger charge is 2.13. The number of carbonyl (C=O) groups excluding carboxylic acids is 1. The molecule has 1 atom stereocenters. The smallest absolute Gasteiger partial charge is 0.484 e. The van der Waals surface area contributed by atoms with Crippen LogP contribution in [-0.4, -0.2) is 38.6 Å². The van der Waals surface area contributed by atoms with E-state index in [-0.39, 0.29) is 0 Å². The summed E-state index contributed by atoms with van der Waals surface area (Å²) in [6, 6.07) is -0.686. The minimum Gasteiger partial charge on any atom is -0.627 e. The van der Waals surface area contributed by atoms with Gasteiger partial charge in [-0.1, -0.05) is 0 Å². The summed E-state index contributed by atoms with van der Waals surface area (Å²) in [6.45, 7) is 0. The molecule has 1 rings (SSSR count). The Morgan fingerprint density at radius 2 is 2.46 bits per heavy atom. The summed E-state index contributed by atoms with van der Waals surface area (Å²) in [5, 5.41) is 0. The van der Waals surface area contributed by atoms with Gasteiger partial charge in [-0.05, 0) is 0 Å². The highest BCUT2D eigenvalue weighted by Crippen LogP contribution is 1.96. The molecular weight excluding hydrogens is 185 g/mol. The summed E-state index contributed by atoms with van der Waals surface area (Å²) in [7, 11) is 0. The third kappa shape index (κ3) is 3.11. The van der Waals surface area contributed by atoms with Crippen molar-refractivity contribution >= 4 is 22.6 Å². The molecule has 0 aliphatic heterocycles. The fourth-order valence-corrected chi connectivity index (χ4v) is 1.01. The van der Waals surface area contributed by atoms with Crippen LogP contribution in [0.2, 0.25) is 0 Å². The minimum atomic E-state index is -0.686. The molecule has 1 aromatic heterocycles. The zero-order chi connectivity index (χ0) is 9.68. The van der Waals surface area contributed by atoms with Crippen molar-refractivity contribution in [3.8, 4) is 0 Å². The highest BCUT2D eigenvalue weighted by atomic mass is 27.1. The van der Waals surface area contributed by atoms with Crippen LogP contribution in [0, 0.1) is 0 Å². The normalized spacial score (nSPS) is 12.1. The lowest BCUT2D eigenvalue weighted by molar-refractivity contribution is -0.135. The molecule has 5 nitrogen and oxygen atoms in total. The van der Waals surface area contributed by atoms with Gasteiger partial charge in [0.15, 0.2) is 0 Å². The van der Waals surface area contributed by atoms with E-state index in [1.54, 1.807) is 18.6 Å². The monoisotopic (exact) mass is 193 g/mol. The largest absolute Gasteiger partial charge is 0.627 e. The second-order valence-electron chi connectivity index (χ2n) is 2.44. The summed E-state index contributed by atoms with van der Waals surface area (Å²) >= 11 is 1.86. The molecule has 66 valence electrons. The van der Waals surface area contributed by atoms with Crippen LogP contribution < -0.4 is 5.73 Å². The van der Waals surface area contributed by atoms with E-state index in [0.717, 1.165) is 0 Å². The Labute approximate surface area is 84.1 Å². The molecule has 6 heteroatoms. The molecule has 0 aliphatic rings. The molecule has 0 saturated heterocycles. The molecule has 2 radical (unpaired) electrons. The van der Waals surface area contributed by atoms with Crippen LogP contribution in [0.5, 0.6) is 0 Å². The predicted molar refractivity (Wildman–Crippen MR) is 45.6 cm³/mol. The third-order valence-corrected chi connectivity index (χ3v) is 1.70. The Bertz CT molecular complexity index is 280. The van der Waals surface area contributed by atoms with Gasteiger partial charge in [-0.25, -0.2) is 0 Å². The lowest BCUT2D eigenvalue weighted by Crippen LogP contribution is -2.34. The minimum absolute atomic E-state index is 0.334. The Hall–Kier alpha value is -0.958. The van der Waals surface area contributed by atoms with E-state index in [1.165, 1.54) is 0 Å². The summed E-state index contributed by atoms with van der Waals surface area (Å²) < 4.78 is 4.39. The van der Waals surface area contributed by atoms with Gasteiger partial charge in [0.25, 0.3) is 5.97 Å². The Balaban J connectivity index is 2.55. The third-order valence-electron chi connectivity index (χ3n) is 1.46. The second-order valence-corrected chi connectivity index (χ2v) is 2.68. The first kappa shape index (κ1) is 10.1. The predicted octanol–water partition coefficient (Wildman–Crippen LogP) is -1.03. The maximum absolute atomic E-state index is 10.9. The van der Waals surface area contributed by atoms with Crippen LogP contribution in [0.1, 0.15) is 5.69 Å². The van der Waals surface area contributed by atoms with Crippen LogP contribution in [0.4, 0.5) is 0 Å². The number of nitrogens with zero attached hydrogens (tertiary/aromatic N) is 2. The van der Waals surface area contributed by atoms with Gasteiger partial charge in [0, 0.05) is 25.0 Å². The quantitative estimate of drug-likeness (QED) is 0.621. The van der Waals surface area contributed by atoms with Crippen molar-refractivity contribution in [2.45, 2.75) is 12.5 Å². The van der Waals surface area contributed by atoms with Gasteiger partial charge in [0.2, 0.25) is 0 Å². The standard InChI is InChI=1S/C7H9N3O2.Al/c8-6(7(11)12)3-5-4-9-1-2-10-5;/h1-2,4,6H,3,8H2,(H,11,12);/q;+1/p-1. The lowest BCUT2D eigenvalue weighted by atomic mass is 10.2. The maximum Gasteiger partial charge on any atom is 0.484 e. The molecule has 0 fully saturated rings. The van der Waals surface area contributed by atoms with E-state index >= 15 is 0 Å². The number of aromatic nitrogens is 2. The lowest BCUT2D eigenvalue weighted by Gasteiger charge is -2.09. The zero-order valence-corrected chi connectivity index (χ0v) is 8.04. The molecular formula is C7H8AlN3O2. The number of hydrogen-bond acceptors (Lipinski definition) is 5. The average molecular weight is 193 g/mol. The second kappa shape index (κ2) is 4.92. The average Bonchev–Trinajstić information content (AvgIpc) is 2.18. The van der Waals surface area contributed by atoms with E-state index in [1.807, 2.05) is 16.6 Å². The molecule has 13 heavy (non-hydrogen) atoms. The molecule has 0 saturated carbocycles. The van der Waals surface area contributed by atoms with E-state index < -0.39 is 12.0 Å². The first-order valence-corrected chi connectivity index (χ1v) is 4.12. The number of carbonyl (C=O) groups is 1.